The van der Waals surface area contributed by atoms with Crippen LogP contribution >= 0.6 is 0 Å². The monoisotopic (exact) mass is 298 g/mol. The average molecular weight is 298 g/mol. The molecule has 0 saturated heterocycles. The van der Waals surface area contributed by atoms with Crippen molar-refractivity contribution in [2.45, 2.75) is 6.42 Å². The highest BCUT2D eigenvalue weighted by Gasteiger charge is 2.18. The lowest BCUT2D eigenvalue weighted by Crippen LogP contribution is -2.04. The molecule has 3 aromatic rings. The van der Waals surface area contributed by atoms with Gasteiger partial charge in [-0.25, -0.2) is 0 Å². The minimum Gasteiger partial charge on any atom is -0.507 e. The van der Waals surface area contributed by atoms with Crippen molar-refractivity contribution in [3.63, 3.8) is 0 Å². The van der Waals surface area contributed by atoms with Crippen molar-refractivity contribution in [2.75, 3.05) is 7.11 Å². The molecule has 5 heteroatoms. The Labute approximate surface area is 125 Å². The minimum absolute atomic E-state index is 0.0374. The molecule has 0 bridgehead atoms. The van der Waals surface area contributed by atoms with Crippen molar-refractivity contribution in [1.29, 1.82) is 0 Å². The van der Waals surface area contributed by atoms with Crippen LogP contribution < -0.4 is 10.2 Å². The molecule has 0 saturated carbocycles. The standard InChI is InChI=1S/C17H14O5/c1-3-4-10-12(18)8-13(19)15-16(20)11-7-9(21-2)5-6-14(11)22-17(10)15/h3,5-8,18-19H,1,4H2,2H3. The molecule has 3 rings (SSSR count). The third-order valence-corrected chi connectivity index (χ3v) is 3.56. The quantitative estimate of drug-likeness (QED) is 0.573. The number of phenols is 2. The van der Waals surface area contributed by atoms with Gasteiger partial charge in [-0.05, 0) is 24.6 Å². The molecule has 0 fully saturated rings. The number of fused-ring (bicyclic) bond motifs is 2. The predicted molar refractivity (Wildman–Crippen MR) is 83.8 cm³/mol. The average Bonchev–Trinajstić information content (AvgIpc) is 2.50. The molecule has 0 spiro atoms. The van der Waals surface area contributed by atoms with Gasteiger partial charge in [0.15, 0.2) is 0 Å². The van der Waals surface area contributed by atoms with Gasteiger partial charge in [0.05, 0.1) is 12.5 Å². The van der Waals surface area contributed by atoms with Crippen LogP contribution in [0.25, 0.3) is 21.9 Å². The van der Waals surface area contributed by atoms with E-state index in [1.807, 2.05) is 0 Å². The third-order valence-electron chi connectivity index (χ3n) is 3.56. The van der Waals surface area contributed by atoms with Crippen LogP contribution in [0.1, 0.15) is 5.56 Å². The number of hydrogen-bond donors (Lipinski definition) is 2. The fourth-order valence-electron chi connectivity index (χ4n) is 2.49. The maximum atomic E-state index is 12.7. The first-order valence-corrected chi connectivity index (χ1v) is 6.66. The topological polar surface area (TPSA) is 79.9 Å². The molecule has 0 radical (unpaired) electrons. The Morgan fingerprint density at radius 2 is 2.05 bits per heavy atom. The van der Waals surface area contributed by atoms with Crippen LogP contribution in [0.5, 0.6) is 17.2 Å². The maximum absolute atomic E-state index is 12.7. The number of methoxy groups -OCH3 is 1. The molecule has 1 aromatic heterocycles. The highest BCUT2D eigenvalue weighted by atomic mass is 16.5. The number of allylic oxidation sites excluding steroid dienone is 1. The molecular formula is C17H14O5. The SMILES string of the molecule is C=CCc1c(O)cc(O)c2c(=O)c3cc(OC)ccc3oc12. The summed E-state index contributed by atoms with van der Waals surface area (Å²) >= 11 is 0. The van der Waals surface area contributed by atoms with E-state index in [0.717, 1.165) is 6.07 Å². The molecule has 5 nitrogen and oxygen atoms in total. The lowest BCUT2D eigenvalue weighted by Gasteiger charge is -2.10. The van der Waals surface area contributed by atoms with E-state index in [1.54, 1.807) is 24.3 Å². The normalized spacial score (nSPS) is 11.0. The van der Waals surface area contributed by atoms with Crippen LogP contribution in [0.15, 0.2) is 46.1 Å². The largest absolute Gasteiger partial charge is 0.507 e. The van der Waals surface area contributed by atoms with Crippen LogP contribution in [0.4, 0.5) is 0 Å². The van der Waals surface area contributed by atoms with Crippen molar-refractivity contribution < 1.29 is 19.4 Å². The van der Waals surface area contributed by atoms with E-state index in [2.05, 4.69) is 6.58 Å². The van der Waals surface area contributed by atoms with E-state index in [4.69, 9.17) is 9.15 Å². The zero-order chi connectivity index (χ0) is 15.9. The van der Waals surface area contributed by atoms with Crippen LogP contribution in [0, 0.1) is 0 Å². The van der Waals surface area contributed by atoms with Crippen LogP contribution in [0.2, 0.25) is 0 Å². The smallest absolute Gasteiger partial charge is 0.204 e. The van der Waals surface area contributed by atoms with E-state index in [1.165, 1.54) is 7.11 Å². The number of phenolic OH excluding ortho intramolecular Hbond substituents is 2. The van der Waals surface area contributed by atoms with Gasteiger partial charge in [-0.3, -0.25) is 4.79 Å². The molecule has 0 unspecified atom stereocenters. The summed E-state index contributed by atoms with van der Waals surface area (Å²) in [5.41, 5.74) is 0.559. The first-order chi connectivity index (χ1) is 10.6. The second-order valence-electron chi connectivity index (χ2n) is 4.88. The molecular weight excluding hydrogens is 284 g/mol. The Balaban J connectivity index is 2.52. The van der Waals surface area contributed by atoms with Gasteiger partial charge in [-0.2, -0.15) is 0 Å². The summed E-state index contributed by atoms with van der Waals surface area (Å²) in [6.45, 7) is 3.62. The van der Waals surface area contributed by atoms with E-state index in [-0.39, 0.29) is 27.9 Å². The van der Waals surface area contributed by atoms with Gasteiger partial charge < -0.3 is 19.4 Å². The van der Waals surface area contributed by atoms with Crippen molar-refractivity contribution in [3.8, 4) is 17.2 Å². The van der Waals surface area contributed by atoms with Gasteiger partial charge in [0.25, 0.3) is 0 Å². The van der Waals surface area contributed by atoms with Gasteiger partial charge >= 0.3 is 0 Å². The second-order valence-corrected chi connectivity index (χ2v) is 4.88. The summed E-state index contributed by atoms with van der Waals surface area (Å²) in [6.07, 6.45) is 1.90. The van der Waals surface area contributed by atoms with E-state index in [9.17, 15) is 15.0 Å². The minimum atomic E-state index is -0.377. The van der Waals surface area contributed by atoms with E-state index < -0.39 is 0 Å². The molecule has 0 atom stereocenters. The molecule has 2 aromatic carbocycles. The van der Waals surface area contributed by atoms with Gasteiger partial charge in [-0.15, -0.1) is 6.58 Å². The zero-order valence-electron chi connectivity index (χ0n) is 11.9. The molecule has 22 heavy (non-hydrogen) atoms. The summed E-state index contributed by atoms with van der Waals surface area (Å²) in [5.74, 6) is 0.0587. The van der Waals surface area contributed by atoms with Gasteiger partial charge in [0.1, 0.15) is 33.8 Å². The molecule has 0 aliphatic carbocycles. The Hall–Kier alpha value is -2.95. The fourth-order valence-corrected chi connectivity index (χ4v) is 2.49. The number of benzene rings is 2. The number of hydrogen-bond acceptors (Lipinski definition) is 5. The van der Waals surface area contributed by atoms with Crippen molar-refractivity contribution in [3.05, 3.63) is 52.7 Å². The number of aromatic hydroxyl groups is 2. The highest BCUT2D eigenvalue weighted by Crippen LogP contribution is 2.35. The predicted octanol–water partition coefficient (Wildman–Crippen LogP) is 3.09. The molecule has 0 aliphatic rings. The summed E-state index contributed by atoms with van der Waals surface area (Å²) in [4.78, 5) is 12.7. The number of rotatable bonds is 3. The lowest BCUT2D eigenvalue weighted by molar-refractivity contribution is 0.415. The van der Waals surface area contributed by atoms with Crippen LogP contribution in [-0.2, 0) is 6.42 Å². The Bertz CT molecular complexity index is 953. The fraction of sp³-hybridized carbons (Fsp3) is 0.118. The van der Waals surface area contributed by atoms with Crippen LogP contribution in [-0.4, -0.2) is 17.3 Å². The van der Waals surface area contributed by atoms with E-state index >= 15 is 0 Å². The lowest BCUT2D eigenvalue weighted by atomic mass is 10.0. The molecule has 112 valence electrons. The second kappa shape index (κ2) is 5.11. The van der Waals surface area contributed by atoms with Crippen molar-refractivity contribution in [1.82, 2.24) is 0 Å². The van der Waals surface area contributed by atoms with Gasteiger partial charge in [0.2, 0.25) is 5.43 Å². The van der Waals surface area contributed by atoms with E-state index in [0.29, 0.717) is 28.7 Å². The molecule has 2 N–H and O–H groups in total. The summed E-state index contributed by atoms with van der Waals surface area (Å²) in [5, 5.41) is 20.4. The Morgan fingerprint density at radius 1 is 1.27 bits per heavy atom. The zero-order valence-corrected chi connectivity index (χ0v) is 11.9. The summed E-state index contributed by atoms with van der Waals surface area (Å²) in [7, 11) is 1.50. The summed E-state index contributed by atoms with van der Waals surface area (Å²) < 4.78 is 10.9. The molecule has 0 aliphatic heterocycles. The summed E-state index contributed by atoms with van der Waals surface area (Å²) in [6, 6.07) is 5.99. The Kier molecular flexibility index (Phi) is 3.25. The van der Waals surface area contributed by atoms with Gasteiger partial charge in [0, 0.05) is 11.6 Å². The van der Waals surface area contributed by atoms with Crippen molar-refractivity contribution >= 4 is 21.9 Å². The molecule has 1 heterocycles. The Morgan fingerprint density at radius 3 is 2.73 bits per heavy atom. The molecule has 0 amide bonds. The first-order valence-electron chi connectivity index (χ1n) is 6.66. The first kappa shape index (κ1) is 14.0. The highest BCUT2D eigenvalue weighted by molar-refractivity contribution is 5.96. The maximum Gasteiger partial charge on any atom is 0.204 e. The number of ether oxygens (including phenoxy) is 1. The third kappa shape index (κ3) is 1.98. The van der Waals surface area contributed by atoms with Crippen LogP contribution in [0.3, 0.4) is 0 Å². The van der Waals surface area contributed by atoms with Crippen molar-refractivity contribution in [2.24, 2.45) is 0 Å². The van der Waals surface area contributed by atoms with Gasteiger partial charge in [-0.1, -0.05) is 6.08 Å².